The van der Waals surface area contributed by atoms with E-state index in [1.54, 1.807) is 18.2 Å². The molecule has 1 aromatic rings. The first-order chi connectivity index (χ1) is 6.11. The Hall–Kier alpha value is -1.45. The Morgan fingerprint density at radius 1 is 1.54 bits per heavy atom. The van der Waals surface area contributed by atoms with Crippen molar-refractivity contribution in [1.82, 2.24) is 0 Å². The smallest absolute Gasteiger partial charge is 0.214 e. The monoisotopic (exact) mass is 183 g/mol. The maximum absolute atomic E-state index is 13.0. The summed E-state index contributed by atoms with van der Waals surface area (Å²) in [7, 11) is 0. The quantitative estimate of drug-likeness (QED) is 0.531. The third-order valence-electron chi connectivity index (χ3n) is 1.83. The van der Waals surface area contributed by atoms with Crippen molar-refractivity contribution >= 4 is 0 Å². The maximum atomic E-state index is 13.0. The Kier molecular flexibility index (Phi) is 2.95. The number of rotatable bonds is 3. The standard InChI is InChI=1S/C9H10FNO2/c1-7(11(12)13)6-8-4-2-3-5-9(8)10/h2-5,7H,6H2,1H3. The van der Waals surface area contributed by atoms with Crippen molar-refractivity contribution in [1.29, 1.82) is 0 Å². The Balaban J connectivity index is 2.74. The van der Waals surface area contributed by atoms with Crippen LogP contribution in [0.1, 0.15) is 12.5 Å². The van der Waals surface area contributed by atoms with Crippen LogP contribution in [0.15, 0.2) is 24.3 Å². The van der Waals surface area contributed by atoms with Crippen molar-refractivity contribution in [2.75, 3.05) is 0 Å². The van der Waals surface area contributed by atoms with Crippen molar-refractivity contribution in [3.8, 4) is 0 Å². The number of halogens is 1. The zero-order valence-corrected chi connectivity index (χ0v) is 7.24. The van der Waals surface area contributed by atoms with Crippen LogP contribution in [0.2, 0.25) is 0 Å². The van der Waals surface area contributed by atoms with E-state index in [4.69, 9.17) is 0 Å². The van der Waals surface area contributed by atoms with Crippen molar-refractivity contribution in [3.63, 3.8) is 0 Å². The zero-order chi connectivity index (χ0) is 9.84. The first-order valence-corrected chi connectivity index (χ1v) is 3.98. The van der Waals surface area contributed by atoms with Crippen LogP contribution in [-0.4, -0.2) is 11.0 Å². The third kappa shape index (κ3) is 2.50. The van der Waals surface area contributed by atoms with Crippen molar-refractivity contribution < 1.29 is 9.31 Å². The van der Waals surface area contributed by atoms with Gasteiger partial charge in [0.05, 0.1) is 0 Å². The highest BCUT2D eigenvalue weighted by atomic mass is 19.1. The fourth-order valence-corrected chi connectivity index (χ4v) is 1.06. The summed E-state index contributed by atoms with van der Waals surface area (Å²) in [4.78, 5) is 9.89. The average Bonchev–Trinajstić information content (AvgIpc) is 2.08. The number of hydrogen-bond acceptors (Lipinski definition) is 2. The van der Waals surface area contributed by atoms with E-state index in [9.17, 15) is 14.5 Å². The Morgan fingerprint density at radius 2 is 2.15 bits per heavy atom. The van der Waals surface area contributed by atoms with Gasteiger partial charge in [0.25, 0.3) is 0 Å². The van der Waals surface area contributed by atoms with Gasteiger partial charge in [0.1, 0.15) is 5.82 Å². The van der Waals surface area contributed by atoms with Gasteiger partial charge in [0.15, 0.2) is 0 Å². The second-order valence-corrected chi connectivity index (χ2v) is 2.93. The van der Waals surface area contributed by atoms with E-state index in [0.29, 0.717) is 5.56 Å². The Bertz CT molecular complexity index is 314. The van der Waals surface area contributed by atoms with Gasteiger partial charge in [0.2, 0.25) is 6.04 Å². The third-order valence-corrected chi connectivity index (χ3v) is 1.83. The van der Waals surface area contributed by atoms with Crippen molar-refractivity contribution in [2.45, 2.75) is 19.4 Å². The second-order valence-electron chi connectivity index (χ2n) is 2.93. The minimum absolute atomic E-state index is 0.139. The fraction of sp³-hybridized carbons (Fsp3) is 0.333. The van der Waals surface area contributed by atoms with Gasteiger partial charge in [-0.05, 0) is 11.6 Å². The summed E-state index contributed by atoms with van der Waals surface area (Å²) < 4.78 is 13.0. The Morgan fingerprint density at radius 3 is 2.69 bits per heavy atom. The van der Waals surface area contributed by atoms with Gasteiger partial charge < -0.3 is 0 Å². The highest BCUT2D eigenvalue weighted by Gasteiger charge is 2.15. The summed E-state index contributed by atoms with van der Waals surface area (Å²) in [6.07, 6.45) is 0.139. The van der Waals surface area contributed by atoms with Crippen LogP contribution >= 0.6 is 0 Å². The van der Waals surface area contributed by atoms with Crippen LogP contribution in [0.25, 0.3) is 0 Å². The van der Waals surface area contributed by atoms with E-state index in [1.165, 1.54) is 13.0 Å². The molecule has 0 bridgehead atoms. The van der Waals surface area contributed by atoms with E-state index < -0.39 is 11.0 Å². The van der Waals surface area contributed by atoms with E-state index in [0.717, 1.165) is 0 Å². The topological polar surface area (TPSA) is 43.1 Å². The molecule has 0 aliphatic carbocycles. The first kappa shape index (κ1) is 9.64. The van der Waals surface area contributed by atoms with E-state index in [-0.39, 0.29) is 12.2 Å². The molecule has 0 aliphatic heterocycles. The van der Waals surface area contributed by atoms with Crippen LogP contribution < -0.4 is 0 Å². The molecule has 1 unspecified atom stereocenters. The molecule has 0 saturated carbocycles. The van der Waals surface area contributed by atoms with Gasteiger partial charge in [-0.25, -0.2) is 4.39 Å². The molecule has 0 heterocycles. The fourth-order valence-electron chi connectivity index (χ4n) is 1.06. The van der Waals surface area contributed by atoms with Crippen LogP contribution in [0.5, 0.6) is 0 Å². The summed E-state index contributed by atoms with van der Waals surface area (Å²) >= 11 is 0. The molecule has 0 aliphatic rings. The molecule has 0 amide bonds. The molecule has 0 aromatic heterocycles. The number of nitro groups is 1. The summed E-state index contributed by atoms with van der Waals surface area (Å²) in [5, 5.41) is 10.3. The first-order valence-electron chi connectivity index (χ1n) is 3.98. The molecule has 70 valence electrons. The summed E-state index contributed by atoms with van der Waals surface area (Å²) in [6, 6.07) is 5.37. The number of benzene rings is 1. The maximum Gasteiger partial charge on any atom is 0.214 e. The Labute approximate surface area is 75.3 Å². The van der Waals surface area contributed by atoms with Crippen molar-refractivity contribution in [2.24, 2.45) is 0 Å². The molecule has 13 heavy (non-hydrogen) atoms. The molecule has 1 rings (SSSR count). The van der Waals surface area contributed by atoms with Crippen LogP contribution in [-0.2, 0) is 6.42 Å². The molecule has 0 saturated heterocycles. The zero-order valence-electron chi connectivity index (χ0n) is 7.24. The normalized spacial score (nSPS) is 12.5. The number of hydrogen-bond donors (Lipinski definition) is 0. The number of nitrogens with zero attached hydrogens (tertiary/aromatic N) is 1. The van der Waals surface area contributed by atoms with E-state index in [1.807, 2.05) is 0 Å². The highest BCUT2D eigenvalue weighted by molar-refractivity contribution is 5.17. The van der Waals surface area contributed by atoms with Gasteiger partial charge >= 0.3 is 0 Å². The lowest BCUT2D eigenvalue weighted by Crippen LogP contribution is -2.18. The SMILES string of the molecule is CC(Cc1ccccc1F)[N+](=O)[O-]. The van der Waals surface area contributed by atoms with E-state index in [2.05, 4.69) is 0 Å². The molecule has 0 fully saturated rings. The lowest BCUT2D eigenvalue weighted by Gasteiger charge is -2.04. The second kappa shape index (κ2) is 3.98. The molecular formula is C9H10FNO2. The molecule has 0 N–H and O–H groups in total. The highest BCUT2D eigenvalue weighted by Crippen LogP contribution is 2.09. The van der Waals surface area contributed by atoms with Gasteiger partial charge in [0, 0.05) is 18.3 Å². The molecule has 0 spiro atoms. The molecule has 1 aromatic carbocycles. The summed E-state index contributed by atoms with van der Waals surface area (Å²) in [5.74, 6) is -0.379. The molecular weight excluding hydrogens is 173 g/mol. The summed E-state index contributed by atoms with van der Waals surface area (Å²) in [6.45, 7) is 1.46. The minimum atomic E-state index is -0.739. The van der Waals surface area contributed by atoms with Gasteiger partial charge in [-0.15, -0.1) is 0 Å². The van der Waals surface area contributed by atoms with Gasteiger partial charge in [-0.2, -0.15) is 0 Å². The van der Waals surface area contributed by atoms with Crippen LogP contribution in [0.3, 0.4) is 0 Å². The largest absolute Gasteiger partial charge is 0.264 e. The minimum Gasteiger partial charge on any atom is -0.264 e. The van der Waals surface area contributed by atoms with Crippen LogP contribution in [0.4, 0.5) is 4.39 Å². The average molecular weight is 183 g/mol. The predicted octanol–water partition coefficient (Wildman–Crippen LogP) is 2.03. The molecule has 4 heteroatoms. The molecule has 0 radical (unpaired) electrons. The van der Waals surface area contributed by atoms with Crippen LogP contribution in [0, 0.1) is 15.9 Å². The molecule has 3 nitrogen and oxygen atoms in total. The molecule has 1 atom stereocenters. The predicted molar refractivity (Wildman–Crippen MR) is 46.6 cm³/mol. The van der Waals surface area contributed by atoms with E-state index >= 15 is 0 Å². The van der Waals surface area contributed by atoms with Crippen molar-refractivity contribution in [3.05, 3.63) is 45.8 Å². The lowest BCUT2D eigenvalue weighted by atomic mass is 10.1. The van der Waals surface area contributed by atoms with Gasteiger partial charge in [-0.3, -0.25) is 10.1 Å². The van der Waals surface area contributed by atoms with Gasteiger partial charge in [-0.1, -0.05) is 18.2 Å². The summed E-state index contributed by atoms with van der Waals surface area (Å²) in [5.41, 5.74) is 0.395. The lowest BCUT2D eigenvalue weighted by molar-refractivity contribution is -0.517.